The zero-order valence-electron chi connectivity index (χ0n) is 51.9. The SMILES string of the molecule is Bc1c(B)c(B)c(-c2c(B)c(B)c(B)c(-c3nc(-c4c(B)c(B)c(B)c(-c5c(B)c(B)c(B)c(B)c5B)c4B)nc(-c4c(B)c(B)c(B)c5c4oc4c(-c6ccc(-c7ccccc7)cc6)c(B)c(B)c(B)c45)n3)c2B)c(B)c1B. The van der Waals surface area contributed by atoms with Crippen molar-refractivity contribution in [2.75, 3.05) is 0 Å². The van der Waals surface area contributed by atoms with E-state index >= 15 is 0 Å². The van der Waals surface area contributed by atoms with E-state index in [1.54, 1.807) is 0 Å². The third kappa shape index (κ3) is 8.51. The lowest BCUT2D eigenvalue weighted by Crippen LogP contribution is -2.57. The number of fused-ring (bicyclic) bond motifs is 3. The molecule has 0 bridgehead atoms. The molecule has 0 aliphatic rings. The molecule has 0 saturated heterocycles. The molecule has 0 aliphatic carbocycles. The minimum absolute atomic E-state index is 0.616. The average Bonchev–Trinajstić information content (AvgIpc) is 3.93. The van der Waals surface area contributed by atoms with Crippen LogP contribution in [0.25, 0.3) is 101 Å². The molecule has 10 rings (SSSR count). The van der Waals surface area contributed by atoms with Gasteiger partial charge in [0.2, 0.25) is 0 Å². The highest BCUT2D eigenvalue weighted by atomic mass is 16.3. The van der Waals surface area contributed by atoms with E-state index in [1.807, 2.05) is 0 Å². The van der Waals surface area contributed by atoms with Gasteiger partial charge < -0.3 is 4.42 Å². The zero-order chi connectivity index (χ0) is 57.4. The van der Waals surface area contributed by atoms with E-state index in [0.717, 1.165) is 55.2 Å². The maximum atomic E-state index is 7.60. The molecule has 0 aliphatic heterocycles. The van der Waals surface area contributed by atoms with Crippen LogP contribution >= 0.6 is 0 Å². The van der Waals surface area contributed by atoms with Crippen molar-refractivity contribution in [1.29, 1.82) is 0 Å². The summed E-state index contributed by atoms with van der Waals surface area (Å²) < 4.78 is 7.60. The van der Waals surface area contributed by atoms with Gasteiger partial charge in [0.15, 0.2) is 17.5 Å². The van der Waals surface area contributed by atoms with Crippen molar-refractivity contribution < 1.29 is 4.42 Å². The molecule has 79 heavy (non-hydrogen) atoms. The third-order valence-corrected chi connectivity index (χ3v) is 20.4. The van der Waals surface area contributed by atoms with Gasteiger partial charge in [0.05, 0.1) is 5.56 Å². The Morgan fingerprint density at radius 2 is 0.443 bits per heavy atom. The molecule has 0 unspecified atom stereocenters. The normalized spacial score (nSPS) is 11.5. The zero-order valence-corrected chi connectivity index (χ0v) is 51.9. The Kier molecular flexibility index (Phi) is 14.7. The minimum Gasteiger partial charge on any atom is -0.455 e. The lowest BCUT2D eigenvalue weighted by atomic mass is 9.56. The number of benzene rings is 8. The van der Waals surface area contributed by atoms with Gasteiger partial charge in [-0.1, -0.05) is 142 Å². The average molecular weight is 988 g/mol. The number of furan rings is 1. The van der Waals surface area contributed by atoms with Crippen LogP contribution < -0.4 is 131 Å². The molecule has 0 spiro atoms. The van der Waals surface area contributed by atoms with Crippen LogP contribution in [0, 0.1) is 0 Å². The molecule has 8 aromatic carbocycles. The van der Waals surface area contributed by atoms with Gasteiger partial charge in [0.25, 0.3) is 0 Å². The summed E-state index contributed by atoms with van der Waals surface area (Å²) in [6, 6.07) is 19.6. The highest BCUT2D eigenvalue weighted by molar-refractivity contribution is 6.73. The van der Waals surface area contributed by atoms with Crippen LogP contribution in [-0.4, -0.2) is 203 Å². The largest absolute Gasteiger partial charge is 0.455 e. The van der Waals surface area contributed by atoms with Crippen molar-refractivity contribution in [1.82, 2.24) is 15.0 Å². The molecule has 0 radical (unpaired) electrons. The second-order valence-corrected chi connectivity index (χ2v) is 23.8. The van der Waals surface area contributed by atoms with Crippen molar-refractivity contribution in [2.45, 2.75) is 0 Å². The van der Waals surface area contributed by atoms with Gasteiger partial charge in [0, 0.05) is 27.5 Å². The van der Waals surface area contributed by atoms with Crippen LogP contribution in [0.5, 0.6) is 0 Å². The van der Waals surface area contributed by atoms with Crippen LogP contribution in [0.1, 0.15) is 0 Å². The van der Waals surface area contributed by atoms with Crippen LogP contribution in [0.3, 0.4) is 0 Å². The van der Waals surface area contributed by atoms with E-state index in [4.69, 9.17) is 19.4 Å². The third-order valence-electron chi connectivity index (χ3n) is 20.4. The lowest BCUT2D eigenvalue weighted by molar-refractivity contribution is 0.671. The van der Waals surface area contributed by atoms with Gasteiger partial charge in [-0.2, -0.15) is 0 Å². The van der Waals surface area contributed by atoms with Gasteiger partial charge >= 0.3 is 0 Å². The molecule has 10 aromatic rings. The van der Waals surface area contributed by atoms with Gasteiger partial charge in [-0.3, -0.25) is 0 Å². The summed E-state index contributed by atoms with van der Waals surface area (Å²) >= 11 is 0. The Balaban J connectivity index is 1.36. The number of hydrogen-bond donors (Lipinski definition) is 0. The van der Waals surface area contributed by atoms with Gasteiger partial charge in [-0.25, -0.2) is 15.0 Å². The first kappa shape index (κ1) is 56.4. The molecule has 0 atom stereocenters. The molecular formula is C51H57B24N3O. The van der Waals surface area contributed by atoms with E-state index in [-0.39, 0.29) is 0 Å². The molecule has 4 nitrogen and oxygen atoms in total. The van der Waals surface area contributed by atoms with Crippen LogP contribution in [0.15, 0.2) is 59.0 Å². The number of nitrogens with zero attached hydrogens (tertiary/aromatic N) is 3. The van der Waals surface area contributed by atoms with Crippen molar-refractivity contribution >= 4 is 341 Å². The first-order valence-corrected chi connectivity index (χ1v) is 28.5. The summed E-state index contributed by atoms with van der Waals surface area (Å²) in [7, 11) is 54.7. The molecule has 2 heterocycles. The molecule has 0 fully saturated rings. The lowest BCUT2D eigenvalue weighted by Gasteiger charge is -2.28. The van der Waals surface area contributed by atoms with E-state index in [0.29, 0.717) is 17.5 Å². The Labute approximate surface area is 490 Å². The summed E-state index contributed by atoms with van der Waals surface area (Å²) in [5, 5.41) is 2.27. The highest BCUT2D eigenvalue weighted by Crippen LogP contribution is 2.37. The van der Waals surface area contributed by atoms with Gasteiger partial charge in [-0.15, -0.1) is 43.7 Å². The Morgan fingerprint density at radius 1 is 0.203 bits per heavy atom. The number of hydrogen-bond acceptors (Lipinski definition) is 4. The summed E-state index contributed by atoms with van der Waals surface area (Å²) in [6.45, 7) is 0. The molecule has 0 N–H and O–H groups in total. The number of aromatic nitrogens is 3. The van der Waals surface area contributed by atoms with E-state index < -0.39 is 0 Å². The molecule has 2 aromatic heterocycles. The maximum absolute atomic E-state index is 7.60. The maximum Gasteiger partial charge on any atom is 0.167 e. The Bertz CT molecular complexity index is 4140. The van der Waals surface area contributed by atoms with Gasteiger partial charge in [-0.05, 0) is 38.9 Å². The fourth-order valence-electron chi connectivity index (χ4n) is 13.8. The smallest absolute Gasteiger partial charge is 0.167 e. The fourth-order valence-corrected chi connectivity index (χ4v) is 13.8. The Hall–Kier alpha value is -5.87. The van der Waals surface area contributed by atoms with Crippen LogP contribution in [0.4, 0.5) is 0 Å². The summed E-state index contributed by atoms with van der Waals surface area (Å²) in [5.41, 5.74) is 44.9. The van der Waals surface area contributed by atoms with Crippen LogP contribution in [-0.2, 0) is 0 Å². The predicted molar refractivity (Wildman–Crippen MR) is 421 cm³/mol. The van der Waals surface area contributed by atoms with Crippen molar-refractivity contribution in [2.24, 2.45) is 0 Å². The minimum atomic E-state index is 0.616. The molecule has 0 saturated carbocycles. The highest BCUT2D eigenvalue weighted by Gasteiger charge is 2.30. The first-order chi connectivity index (χ1) is 37.2. The molecule has 0 amide bonds. The molecule has 354 valence electrons. The number of rotatable bonds is 7. The van der Waals surface area contributed by atoms with E-state index in [1.165, 1.54) is 159 Å². The van der Waals surface area contributed by atoms with Crippen molar-refractivity contribution in [3.63, 3.8) is 0 Å². The van der Waals surface area contributed by atoms with Crippen molar-refractivity contribution in [3.05, 3.63) is 54.6 Å². The standard InChI is InChI=1S/C51H57B24N3O/c52-23-14(16-28(57)41(70)45(74)42(71)29(16)58)26(55)38(67)34(63)20(23)49-76-50(21-24(53)15(27(56)39(68)35(21)64)17-30(59)43(72)46(75)44(73)31(17)60)78-51(77-49)22-36(65)40(69)33(62)19-18-32(61)37(66)25(54)13(47(18)79-48(19)22)12-8-6-11(7-9-12)10-4-2-1-3-5-10/h1-9H,52-75H2. The topological polar surface area (TPSA) is 51.8 Å². The van der Waals surface area contributed by atoms with E-state index in [9.17, 15) is 0 Å². The Morgan fingerprint density at radius 3 is 0.823 bits per heavy atom. The quantitative estimate of drug-likeness (QED) is 0.149. The monoisotopic (exact) mass is 992 g/mol. The first-order valence-electron chi connectivity index (χ1n) is 28.5. The fraction of sp³-hybridized carbons (Fsp3) is 0. The van der Waals surface area contributed by atoms with Gasteiger partial charge in [0.1, 0.15) is 199 Å². The van der Waals surface area contributed by atoms with Crippen molar-refractivity contribution in [3.8, 4) is 78.7 Å². The van der Waals surface area contributed by atoms with E-state index in [2.05, 4.69) is 243 Å². The molecular weight excluding hydrogens is 930 g/mol. The second-order valence-electron chi connectivity index (χ2n) is 23.8. The summed E-state index contributed by atoms with van der Waals surface area (Å²) in [5.74, 6) is 1.96. The predicted octanol–water partition coefficient (Wildman–Crippen LogP) is -28.4. The second kappa shape index (κ2) is 20.6. The summed E-state index contributed by atoms with van der Waals surface area (Å²) in [4.78, 5) is 17.4. The molecule has 28 heteroatoms. The van der Waals surface area contributed by atoms with Crippen LogP contribution in [0.2, 0.25) is 0 Å². The summed E-state index contributed by atoms with van der Waals surface area (Å²) in [6.07, 6.45) is 0.